The number of aliphatic carboxylic acids is 1. The molecule has 2 bridgehead atoms. The van der Waals surface area contributed by atoms with Gasteiger partial charge in [-0.3, -0.25) is 14.5 Å². The second-order valence-corrected chi connectivity index (χ2v) is 6.81. The predicted octanol–water partition coefficient (Wildman–Crippen LogP) is -0.425. The first-order chi connectivity index (χ1) is 11.1. The van der Waals surface area contributed by atoms with Crippen molar-refractivity contribution in [2.75, 3.05) is 45.9 Å². The maximum atomic E-state index is 12.7. The molecule has 0 aromatic heterocycles. The van der Waals surface area contributed by atoms with Crippen molar-refractivity contribution in [1.82, 2.24) is 9.80 Å². The summed E-state index contributed by atoms with van der Waals surface area (Å²) in [7, 11) is 0. The third kappa shape index (κ3) is 2.38. The van der Waals surface area contributed by atoms with Gasteiger partial charge in [-0.05, 0) is 6.42 Å². The highest BCUT2D eigenvalue weighted by Gasteiger charge is 2.66. The first-order valence-corrected chi connectivity index (χ1v) is 8.30. The molecule has 4 aliphatic heterocycles. The molecule has 3 saturated heterocycles. The lowest BCUT2D eigenvalue weighted by Gasteiger charge is -2.27. The van der Waals surface area contributed by atoms with Gasteiger partial charge in [0, 0.05) is 26.2 Å². The van der Waals surface area contributed by atoms with E-state index in [4.69, 9.17) is 9.47 Å². The Labute approximate surface area is 134 Å². The average Bonchev–Trinajstić information content (AvgIpc) is 3.17. The average molecular weight is 322 g/mol. The van der Waals surface area contributed by atoms with Crippen LogP contribution >= 0.6 is 0 Å². The summed E-state index contributed by atoms with van der Waals surface area (Å²) in [5.74, 6) is -2.30. The van der Waals surface area contributed by atoms with E-state index in [0.29, 0.717) is 13.1 Å². The van der Waals surface area contributed by atoms with Gasteiger partial charge in [0.05, 0.1) is 31.8 Å². The van der Waals surface area contributed by atoms with E-state index in [2.05, 4.69) is 4.90 Å². The number of hydrogen-bond acceptors (Lipinski definition) is 5. The van der Waals surface area contributed by atoms with Crippen LogP contribution in [0.2, 0.25) is 0 Å². The number of carboxylic acid groups (broad SMARTS) is 1. The summed E-state index contributed by atoms with van der Waals surface area (Å²) in [6.07, 6.45) is 4.15. The van der Waals surface area contributed by atoms with Gasteiger partial charge in [-0.15, -0.1) is 0 Å². The molecule has 0 saturated carbocycles. The minimum Gasteiger partial charge on any atom is -0.481 e. The van der Waals surface area contributed by atoms with Crippen LogP contribution in [0.15, 0.2) is 12.2 Å². The predicted molar refractivity (Wildman–Crippen MR) is 79.8 cm³/mol. The van der Waals surface area contributed by atoms with Gasteiger partial charge in [-0.25, -0.2) is 0 Å². The highest BCUT2D eigenvalue weighted by molar-refractivity contribution is 5.90. The molecule has 0 radical (unpaired) electrons. The summed E-state index contributed by atoms with van der Waals surface area (Å²) in [6.45, 7) is 5.50. The molecule has 0 aliphatic carbocycles. The van der Waals surface area contributed by atoms with E-state index in [-0.39, 0.29) is 5.91 Å². The molecule has 23 heavy (non-hydrogen) atoms. The molecule has 1 spiro atoms. The van der Waals surface area contributed by atoms with E-state index in [1.54, 1.807) is 11.0 Å². The lowest BCUT2D eigenvalue weighted by Crippen LogP contribution is -2.40. The molecule has 4 aliphatic rings. The molecular weight excluding hydrogens is 300 g/mol. The van der Waals surface area contributed by atoms with Gasteiger partial charge >= 0.3 is 5.97 Å². The molecule has 7 nitrogen and oxygen atoms in total. The zero-order valence-electron chi connectivity index (χ0n) is 13.0. The molecule has 1 amide bonds. The number of likely N-dealkylation sites (tertiary alicyclic amines) is 1. The topological polar surface area (TPSA) is 79.3 Å². The Morgan fingerprint density at radius 3 is 2.87 bits per heavy atom. The molecule has 0 aromatic carbocycles. The Bertz CT molecular complexity index is 545. The fourth-order valence-corrected chi connectivity index (χ4v) is 4.36. The summed E-state index contributed by atoms with van der Waals surface area (Å²) < 4.78 is 11.2. The van der Waals surface area contributed by atoms with E-state index in [9.17, 15) is 14.7 Å². The molecule has 0 unspecified atom stereocenters. The molecule has 4 heterocycles. The van der Waals surface area contributed by atoms with Crippen molar-refractivity contribution in [2.24, 2.45) is 11.8 Å². The smallest absolute Gasteiger partial charge is 0.310 e. The highest BCUT2D eigenvalue weighted by Crippen LogP contribution is 2.51. The van der Waals surface area contributed by atoms with Gasteiger partial charge in [-0.1, -0.05) is 12.2 Å². The molecule has 3 fully saturated rings. The molecule has 0 aromatic rings. The summed E-state index contributed by atoms with van der Waals surface area (Å²) in [5, 5.41) is 9.43. The first kappa shape index (κ1) is 15.1. The number of morpholine rings is 1. The summed E-state index contributed by atoms with van der Waals surface area (Å²) in [5.41, 5.74) is -0.705. The standard InChI is InChI=1S/C16H22N2O5/c19-14-13-12(15(20)21)11-2-3-16(13,23-11)10-18(14)5-1-4-17-6-8-22-9-7-17/h2-3,11-13H,1,4-10H2,(H,20,21)/t11-,12-,13+,16+/m1/s1. The van der Waals surface area contributed by atoms with Crippen molar-refractivity contribution in [3.8, 4) is 0 Å². The van der Waals surface area contributed by atoms with Gasteiger partial charge in [0.1, 0.15) is 11.5 Å². The third-order valence-corrected chi connectivity index (χ3v) is 5.47. The largest absolute Gasteiger partial charge is 0.481 e. The van der Waals surface area contributed by atoms with Crippen LogP contribution in [0.3, 0.4) is 0 Å². The number of ether oxygens (including phenoxy) is 2. The van der Waals surface area contributed by atoms with Crippen molar-refractivity contribution in [1.29, 1.82) is 0 Å². The molecule has 4 rings (SSSR count). The Hall–Kier alpha value is -1.44. The highest BCUT2D eigenvalue weighted by atomic mass is 16.5. The number of amides is 1. The van der Waals surface area contributed by atoms with Gasteiger partial charge in [0.15, 0.2) is 0 Å². The Balaban J connectivity index is 1.38. The van der Waals surface area contributed by atoms with E-state index in [1.807, 2.05) is 6.08 Å². The number of rotatable bonds is 5. The summed E-state index contributed by atoms with van der Waals surface area (Å²) >= 11 is 0. The maximum absolute atomic E-state index is 12.7. The lowest BCUT2D eigenvalue weighted by atomic mass is 9.77. The first-order valence-electron chi connectivity index (χ1n) is 8.30. The van der Waals surface area contributed by atoms with Gasteiger partial charge in [0.25, 0.3) is 0 Å². The van der Waals surface area contributed by atoms with Crippen LogP contribution in [-0.2, 0) is 19.1 Å². The summed E-state index contributed by atoms with van der Waals surface area (Å²) in [6, 6.07) is 0. The van der Waals surface area contributed by atoms with Crippen molar-refractivity contribution in [3.05, 3.63) is 12.2 Å². The number of carboxylic acids is 1. The van der Waals surface area contributed by atoms with E-state index < -0.39 is 29.5 Å². The quantitative estimate of drug-likeness (QED) is 0.692. The second kappa shape index (κ2) is 5.58. The zero-order chi connectivity index (χ0) is 16.0. The van der Waals surface area contributed by atoms with E-state index in [0.717, 1.165) is 39.3 Å². The van der Waals surface area contributed by atoms with Crippen LogP contribution < -0.4 is 0 Å². The molecular formula is C16H22N2O5. The molecule has 7 heteroatoms. The molecule has 4 atom stereocenters. The van der Waals surface area contributed by atoms with E-state index in [1.165, 1.54) is 0 Å². The van der Waals surface area contributed by atoms with Crippen molar-refractivity contribution in [3.63, 3.8) is 0 Å². The SMILES string of the molecule is O=C(O)[C@H]1[C@H]2C(=O)N(CCCN3CCOCC3)C[C@@]23C=C[C@H]1O3. The van der Waals surface area contributed by atoms with Crippen molar-refractivity contribution in [2.45, 2.75) is 18.1 Å². The number of fused-ring (bicyclic) bond motifs is 1. The lowest BCUT2D eigenvalue weighted by molar-refractivity contribution is -0.148. The second-order valence-electron chi connectivity index (χ2n) is 6.81. The van der Waals surface area contributed by atoms with Gasteiger partial charge < -0.3 is 19.5 Å². The van der Waals surface area contributed by atoms with Crippen LogP contribution in [0.5, 0.6) is 0 Å². The van der Waals surface area contributed by atoms with E-state index >= 15 is 0 Å². The monoisotopic (exact) mass is 322 g/mol. The third-order valence-electron chi connectivity index (χ3n) is 5.47. The van der Waals surface area contributed by atoms with Crippen LogP contribution in [0.1, 0.15) is 6.42 Å². The van der Waals surface area contributed by atoms with Gasteiger partial charge in [-0.2, -0.15) is 0 Å². The Morgan fingerprint density at radius 2 is 2.13 bits per heavy atom. The fraction of sp³-hybridized carbons (Fsp3) is 0.750. The van der Waals surface area contributed by atoms with Crippen molar-refractivity contribution >= 4 is 11.9 Å². The normalized spacial score (nSPS) is 39.2. The molecule has 126 valence electrons. The summed E-state index contributed by atoms with van der Waals surface area (Å²) in [4.78, 5) is 28.3. The number of hydrogen-bond donors (Lipinski definition) is 1. The minimum absolute atomic E-state index is 0.0637. The Kier molecular flexibility index (Phi) is 3.66. The zero-order valence-corrected chi connectivity index (χ0v) is 13.0. The molecule has 1 N–H and O–H groups in total. The van der Waals surface area contributed by atoms with Gasteiger partial charge in [0.2, 0.25) is 5.91 Å². The van der Waals surface area contributed by atoms with Crippen LogP contribution in [0.4, 0.5) is 0 Å². The fourth-order valence-electron chi connectivity index (χ4n) is 4.36. The maximum Gasteiger partial charge on any atom is 0.310 e. The van der Waals surface area contributed by atoms with Crippen LogP contribution in [0.25, 0.3) is 0 Å². The van der Waals surface area contributed by atoms with Crippen LogP contribution in [0, 0.1) is 11.8 Å². The number of nitrogens with zero attached hydrogens (tertiary/aromatic N) is 2. The number of carbonyl (C=O) groups is 2. The van der Waals surface area contributed by atoms with Crippen LogP contribution in [-0.4, -0.2) is 84.4 Å². The number of carbonyl (C=O) groups excluding carboxylic acids is 1. The Morgan fingerprint density at radius 1 is 1.35 bits per heavy atom. The van der Waals surface area contributed by atoms with Crippen molar-refractivity contribution < 1.29 is 24.2 Å². The minimum atomic E-state index is -0.935.